The molecule has 1 aliphatic heterocycles. The number of hydrogen-bond donors (Lipinski definition) is 1. The summed E-state index contributed by atoms with van der Waals surface area (Å²) in [7, 11) is 0. The summed E-state index contributed by atoms with van der Waals surface area (Å²) in [6.45, 7) is 4.98. The van der Waals surface area contributed by atoms with Gasteiger partial charge in [-0.05, 0) is 32.0 Å². The van der Waals surface area contributed by atoms with Crippen molar-refractivity contribution in [2.24, 2.45) is 0 Å². The van der Waals surface area contributed by atoms with Crippen LogP contribution in [0.15, 0.2) is 18.2 Å². The average molecular weight is 258 g/mol. The zero-order valence-electron chi connectivity index (χ0n) is 9.90. The third kappa shape index (κ3) is 2.83. The van der Waals surface area contributed by atoms with Crippen molar-refractivity contribution in [3.8, 4) is 5.75 Å². The zero-order valence-corrected chi connectivity index (χ0v) is 10.7. The van der Waals surface area contributed by atoms with E-state index >= 15 is 0 Å². The molecule has 0 spiro atoms. The van der Waals surface area contributed by atoms with Crippen LogP contribution in [0.4, 0.5) is 5.69 Å². The van der Waals surface area contributed by atoms with Gasteiger partial charge in [0.25, 0.3) is 0 Å². The quantitative estimate of drug-likeness (QED) is 0.845. The highest BCUT2D eigenvalue weighted by molar-refractivity contribution is 6.30. The van der Waals surface area contributed by atoms with E-state index in [9.17, 15) is 0 Å². The Balaban J connectivity index is 2.13. The molecular formula is C12H16ClNO3. The molecule has 1 aliphatic rings. The van der Waals surface area contributed by atoms with Gasteiger partial charge in [0.2, 0.25) is 0 Å². The lowest BCUT2D eigenvalue weighted by Crippen LogP contribution is -2.42. The summed E-state index contributed by atoms with van der Waals surface area (Å²) in [5.74, 6) is 0.582. The van der Waals surface area contributed by atoms with E-state index in [1.807, 2.05) is 13.8 Å². The van der Waals surface area contributed by atoms with Crippen molar-refractivity contribution in [1.29, 1.82) is 0 Å². The van der Waals surface area contributed by atoms with Crippen LogP contribution in [-0.4, -0.2) is 25.1 Å². The minimum absolute atomic E-state index is 0.377. The van der Waals surface area contributed by atoms with Crippen molar-refractivity contribution in [2.75, 3.05) is 18.9 Å². The monoisotopic (exact) mass is 257 g/mol. The van der Waals surface area contributed by atoms with Crippen LogP contribution in [0.2, 0.25) is 5.02 Å². The topological polar surface area (TPSA) is 53.7 Å². The minimum atomic E-state index is -0.599. The molecular weight excluding hydrogens is 242 g/mol. The molecule has 1 fully saturated rings. The van der Waals surface area contributed by atoms with Gasteiger partial charge in [0.1, 0.15) is 5.75 Å². The van der Waals surface area contributed by atoms with Crippen LogP contribution in [0.25, 0.3) is 0 Å². The Bertz CT molecular complexity index is 403. The fourth-order valence-corrected chi connectivity index (χ4v) is 1.88. The molecule has 0 aliphatic carbocycles. The summed E-state index contributed by atoms with van der Waals surface area (Å²) < 4.78 is 16.7. The van der Waals surface area contributed by atoms with Gasteiger partial charge in [0.05, 0.1) is 18.9 Å². The summed E-state index contributed by atoms with van der Waals surface area (Å²) in [6.07, 6.45) is -0.377. The Hall–Kier alpha value is -0.970. The third-order valence-electron chi connectivity index (χ3n) is 2.53. The Morgan fingerprint density at radius 2 is 2.00 bits per heavy atom. The highest BCUT2D eigenvalue weighted by atomic mass is 35.5. The lowest BCUT2D eigenvalue weighted by Gasteiger charge is -2.31. The van der Waals surface area contributed by atoms with E-state index in [0.29, 0.717) is 29.7 Å². The molecule has 0 bridgehead atoms. The second-order valence-electron chi connectivity index (χ2n) is 4.46. The van der Waals surface area contributed by atoms with Gasteiger partial charge in [-0.15, -0.1) is 0 Å². The molecule has 0 atom stereocenters. The molecule has 0 unspecified atom stereocenters. The van der Waals surface area contributed by atoms with Crippen LogP contribution in [0.3, 0.4) is 0 Å². The Morgan fingerprint density at radius 3 is 2.59 bits per heavy atom. The predicted octanol–water partition coefficient (Wildman–Crippen LogP) is 2.45. The molecule has 0 aromatic heterocycles. The normalized spacial score (nSPS) is 17.4. The van der Waals surface area contributed by atoms with Crippen molar-refractivity contribution in [3.63, 3.8) is 0 Å². The van der Waals surface area contributed by atoms with Crippen molar-refractivity contribution < 1.29 is 14.2 Å². The molecule has 1 aromatic rings. The minimum Gasteiger partial charge on any atom is -0.480 e. The van der Waals surface area contributed by atoms with Gasteiger partial charge in [-0.3, -0.25) is 0 Å². The van der Waals surface area contributed by atoms with E-state index in [1.54, 1.807) is 18.2 Å². The Kier molecular flexibility index (Phi) is 3.47. The van der Waals surface area contributed by atoms with Gasteiger partial charge in [-0.25, -0.2) is 0 Å². The third-order valence-corrected chi connectivity index (χ3v) is 2.77. The number of nitrogen functional groups attached to an aromatic ring is 1. The van der Waals surface area contributed by atoms with E-state index in [2.05, 4.69) is 0 Å². The molecule has 17 heavy (non-hydrogen) atoms. The van der Waals surface area contributed by atoms with E-state index in [-0.39, 0.29) is 6.29 Å². The van der Waals surface area contributed by atoms with E-state index in [4.69, 9.17) is 31.5 Å². The summed E-state index contributed by atoms with van der Waals surface area (Å²) in [6, 6.07) is 5.14. The van der Waals surface area contributed by atoms with Crippen LogP contribution < -0.4 is 10.5 Å². The molecule has 0 radical (unpaired) electrons. The van der Waals surface area contributed by atoms with Gasteiger partial charge in [0.15, 0.2) is 11.9 Å². The van der Waals surface area contributed by atoms with Crippen molar-refractivity contribution in [3.05, 3.63) is 23.2 Å². The number of nitrogens with two attached hydrogens (primary N) is 1. The molecule has 0 amide bonds. The van der Waals surface area contributed by atoms with Crippen LogP contribution in [0, 0.1) is 0 Å². The smallest absolute Gasteiger partial charge is 0.197 e. The van der Waals surface area contributed by atoms with E-state index < -0.39 is 5.60 Å². The van der Waals surface area contributed by atoms with Crippen LogP contribution in [-0.2, 0) is 9.47 Å². The molecule has 2 N–H and O–H groups in total. The van der Waals surface area contributed by atoms with E-state index in [0.717, 1.165) is 0 Å². The Labute approximate surface area is 106 Å². The number of halogens is 1. The zero-order chi connectivity index (χ0) is 12.5. The van der Waals surface area contributed by atoms with Gasteiger partial charge in [-0.2, -0.15) is 0 Å². The summed E-state index contributed by atoms with van der Waals surface area (Å²) in [4.78, 5) is 0. The second-order valence-corrected chi connectivity index (χ2v) is 4.90. The molecule has 1 heterocycles. The first-order chi connectivity index (χ1) is 7.99. The molecule has 1 aromatic carbocycles. The molecule has 1 saturated heterocycles. The predicted molar refractivity (Wildman–Crippen MR) is 66.3 cm³/mol. The standard InChI is InChI=1S/C12H16ClNO3/c1-12(2,11-15-5-6-16-11)17-10-4-3-8(13)7-9(10)14/h3-4,7,11H,5-6,14H2,1-2H3. The van der Waals surface area contributed by atoms with Crippen LogP contribution in [0.5, 0.6) is 5.75 Å². The van der Waals surface area contributed by atoms with Crippen LogP contribution >= 0.6 is 11.6 Å². The molecule has 94 valence electrons. The lowest BCUT2D eigenvalue weighted by atomic mass is 10.1. The molecule has 5 heteroatoms. The van der Waals surface area contributed by atoms with Gasteiger partial charge in [-0.1, -0.05) is 11.6 Å². The van der Waals surface area contributed by atoms with Gasteiger partial charge < -0.3 is 19.9 Å². The maximum Gasteiger partial charge on any atom is 0.197 e. The molecule has 2 rings (SSSR count). The van der Waals surface area contributed by atoms with Gasteiger partial charge >= 0.3 is 0 Å². The van der Waals surface area contributed by atoms with Crippen molar-refractivity contribution in [1.82, 2.24) is 0 Å². The molecule has 0 saturated carbocycles. The number of rotatable bonds is 3. The van der Waals surface area contributed by atoms with Crippen molar-refractivity contribution >= 4 is 17.3 Å². The summed E-state index contributed by atoms with van der Waals surface area (Å²) >= 11 is 5.83. The maximum absolute atomic E-state index is 5.84. The second kappa shape index (κ2) is 4.72. The highest BCUT2D eigenvalue weighted by Gasteiger charge is 2.36. The lowest BCUT2D eigenvalue weighted by molar-refractivity contribution is -0.151. The number of benzene rings is 1. The van der Waals surface area contributed by atoms with E-state index in [1.165, 1.54) is 0 Å². The largest absolute Gasteiger partial charge is 0.480 e. The van der Waals surface area contributed by atoms with Crippen LogP contribution in [0.1, 0.15) is 13.8 Å². The summed E-state index contributed by atoms with van der Waals surface area (Å²) in [5, 5.41) is 0.584. The SMILES string of the molecule is CC(C)(Oc1ccc(Cl)cc1N)C1OCCO1. The van der Waals surface area contributed by atoms with Gasteiger partial charge in [0, 0.05) is 5.02 Å². The number of anilines is 1. The number of ether oxygens (including phenoxy) is 3. The average Bonchev–Trinajstić information content (AvgIpc) is 2.76. The van der Waals surface area contributed by atoms with Crippen molar-refractivity contribution in [2.45, 2.75) is 25.7 Å². The highest BCUT2D eigenvalue weighted by Crippen LogP contribution is 2.31. The fraction of sp³-hybridized carbons (Fsp3) is 0.500. The first-order valence-electron chi connectivity index (χ1n) is 5.46. The molecule has 4 nitrogen and oxygen atoms in total. The Morgan fingerprint density at radius 1 is 1.35 bits per heavy atom. The number of hydrogen-bond acceptors (Lipinski definition) is 4. The maximum atomic E-state index is 5.84. The summed E-state index contributed by atoms with van der Waals surface area (Å²) in [5.41, 5.74) is 5.74. The first-order valence-corrected chi connectivity index (χ1v) is 5.84. The first kappa shape index (κ1) is 12.5. The fourth-order valence-electron chi connectivity index (χ4n) is 1.70.